The number of nitrogens with one attached hydrogen (secondary N) is 3. The van der Waals surface area contributed by atoms with Gasteiger partial charge in [0.05, 0.1) is 6.61 Å². The quantitative estimate of drug-likeness (QED) is 0.0717. The van der Waals surface area contributed by atoms with E-state index in [1.807, 2.05) is 13.8 Å². The molecule has 0 aliphatic carbocycles. The Hall–Kier alpha value is -2.93. The standard InChI is InChI=1S/C20H39N7O6/c1-10(2)8-14(18(31)27-15(11(3)4)19(32)33)26-17(30)13(6-5-7-24-20(22)23)25-16(29)12(21)9-28/h10-15,28H,5-9,21H2,1-4H3,(H,25,29)(H,26,30)(H,27,31)(H,32,33)(H4,22,23,24). The van der Waals surface area contributed by atoms with E-state index in [1.54, 1.807) is 13.8 Å². The van der Waals surface area contributed by atoms with Crippen LogP contribution in [0.15, 0.2) is 4.99 Å². The highest BCUT2D eigenvalue weighted by atomic mass is 16.4. The van der Waals surface area contributed by atoms with Crippen LogP contribution in [0.25, 0.3) is 0 Å². The molecule has 0 spiro atoms. The zero-order valence-corrected chi connectivity index (χ0v) is 19.7. The van der Waals surface area contributed by atoms with Gasteiger partial charge in [0.15, 0.2) is 5.96 Å². The molecule has 0 aliphatic heterocycles. The maximum absolute atomic E-state index is 13.0. The lowest BCUT2D eigenvalue weighted by molar-refractivity contribution is -0.143. The third kappa shape index (κ3) is 12.0. The van der Waals surface area contributed by atoms with Crippen molar-refractivity contribution in [3.05, 3.63) is 0 Å². The lowest BCUT2D eigenvalue weighted by Gasteiger charge is -2.26. The summed E-state index contributed by atoms with van der Waals surface area (Å²) < 4.78 is 0. The highest BCUT2D eigenvalue weighted by molar-refractivity contribution is 5.94. The van der Waals surface area contributed by atoms with E-state index in [1.165, 1.54) is 0 Å². The number of nitrogens with zero attached hydrogens (tertiary/aromatic N) is 1. The third-order valence-electron chi connectivity index (χ3n) is 4.68. The normalized spacial score (nSPS) is 14.7. The summed E-state index contributed by atoms with van der Waals surface area (Å²) in [5.41, 5.74) is 16.1. The van der Waals surface area contributed by atoms with Crippen LogP contribution in [0.1, 0.15) is 47.0 Å². The van der Waals surface area contributed by atoms with Gasteiger partial charge in [0, 0.05) is 6.54 Å². The van der Waals surface area contributed by atoms with Crippen LogP contribution in [-0.2, 0) is 19.2 Å². The van der Waals surface area contributed by atoms with Crippen molar-refractivity contribution in [2.24, 2.45) is 34.0 Å². The summed E-state index contributed by atoms with van der Waals surface area (Å²) in [6, 6.07) is -4.45. The van der Waals surface area contributed by atoms with Crippen LogP contribution < -0.4 is 33.2 Å². The Bertz CT molecular complexity index is 694. The number of aliphatic hydroxyl groups excluding tert-OH is 1. The molecule has 0 heterocycles. The van der Waals surface area contributed by atoms with E-state index >= 15 is 0 Å². The number of carboxylic acid groups (broad SMARTS) is 1. The van der Waals surface area contributed by atoms with E-state index < -0.39 is 54.5 Å². The van der Waals surface area contributed by atoms with Crippen molar-refractivity contribution in [1.82, 2.24) is 16.0 Å². The van der Waals surface area contributed by atoms with Crippen molar-refractivity contribution < 1.29 is 29.4 Å². The molecule has 13 heteroatoms. The number of aliphatic imine (C=N–C) groups is 1. The van der Waals surface area contributed by atoms with E-state index in [-0.39, 0.29) is 37.2 Å². The molecule has 4 unspecified atom stereocenters. The summed E-state index contributed by atoms with van der Waals surface area (Å²) in [5, 5.41) is 26.0. The number of carboxylic acids is 1. The van der Waals surface area contributed by atoms with Crippen LogP contribution >= 0.6 is 0 Å². The topological polar surface area (TPSA) is 235 Å². The van der Waals surface area contributed by atoms with Crippen molar-refractivity contribution in [1.29, 1.82) is 0 Å². The fourth-order valence-electron chi connectivity index (χ4n) is 2.88. The second kappa shape index (κ2) is 15.0. The first-order valence-corrected chi connectivity index (χ1v) is 10.9. The Balaban J connectivity index is 5.52. The lowest BCUT2D eigenvalue weighted by atomic mass is 10.00. The summed E-state index contributed by atoms with van der Waals surface area (Å²) >= 11 is 0. The van der Waals surface area contributed by atoms with Gasteiger partial charge in [-0.3, -0.25) is 19.4 Å². The molecule has 0 fully saturated rings. The van der Waals surface area contributed by atoms with Gasteiger partial charge < -0.3 is 43.4 Å². The second-order valence-electron chi connectivity index (χ2n) is 8.56. The van der Waals surface area contributed by atoms with Gasteiger partial charge in [-0.25, -0.2) is 4.79 Å². The molecule has 0 aromatic rings. The van der Waals surface area contributed by atoms with Gasteiger partial charge in [0.2, 0.25) is 17.7 Å². The molecule has 190 valence electrons. The van der Waals surface area contributed by atoms with Crippen molar-refractivity contribution in [2.75, 3.05) is 13.2 Å². The molecule has 0 radical (unpaired) electrons. The predicted molar refractivity (Wildman–Crippen MR) is 123 cm³/mol. The van der Waals surface area contributed by atoms with Gasteiger partial charge in [-0.2, -0.15) is 0 Å². The van der Waals surface area contributed by atoms with Crippen LogP contribution in [0.3, 0.4) is 0 Å². The van der Waals surface area contributed by atoms with Crippen molar-refractivity contribution in [3.8, 4) is 0 Å². The van der Waals surface area contributed by atoms with E-state index in [9.17, 15) is 24.3 Å². The van der Waals surface area contributed by atoms with Crippen molar-refractivity contribution in [3.63, 3.8) is 0 Å². The predicted octanol–water partition coefficient (Wildman–Crippen LogP) is -2.40. The number of nitrogens with two attached hydrogens (primary N) is 3. The molecule has 11 N–H and O–H groups in total. The average molecular weight is 474 g/mol. The molecule has 0 rings (SSSR count). The Morgan fingerprint density at radius 3 is 1.91 bits per heavy atom. The first-order chi connectivity index (χ1) is 15.3. The summed E-state index contributed by atoms with van der Waals surface area (Å²) in [7, 11) is 0. The minimum atomic E-state index is -1.23. The largest absolute Gasteiger partial charge is 0.480 e. The van der Waals surface area contributed by atoms with Crippen LogP contribution in [0, 0.1) is 11.8 Å². The van der Waals surface area contributed by atoms with E-state index in [2.05, 4.69) is 20.9 Å². The molecular formula is C20H39N7O6. The maximum atomic E-state index is 13.0. The molecule has 0 saturated heterocycles. The number of guanidine groups is 1. The first kappa shape index (κ1) is 30.1. The lowest BCUT2D eigenvalue weighted by Crippen LogP contribution is -2.58. The van der Waals surface area contributed by atoms with Gasteiger partial charge in [0.1, 0.15) is 24.2 Å². The minimum absolute atomic E-state index is 0.00102. The molecule has 0 aliphatic rings. The number of aliphatic carboxylic acids is 1. The zero-order valence-electron chi connectivity index (χ0n) is 19.7. The smallest absolute Gasteiger partial charge is 0.326 e. The number of rotatable bonds is 15. The molecule has 4 atom stereocenters. The number of carbonyl (C=O) groups is 4. The Morgan fingerprint density at radius 1 is 0.909 bits per heavy atom. The minimum Gasteiger partial charge on any atom is -0.480 e. The summed E-state index contributed by atoms with van der Waals surface area (Å²) in [4.78, 5) is 53.2. The molecule has 3 amide bonds. The molecule has 0 saturated carbocycles. The van der Waals surface area contributed by atoms with E-state index in [0.717, 1.165) is 0 Å². The van der Waals surface area contributed by atoms with Crippen LogP contribution in [-0.4, -0.2) is 77.2 Å². The molecule has 13 nitrogen and oxygen atoms in total. The molecule has 0 aromatic carbocycles. The maximum Gasteiger partial charge on any atom is 0.326 e. The molecule has 0 bridgehead atoms. The SMILES string of the molecule is CC(C)CC(NC(=O)C(CCCN=C(N)N)NC(=O)C(N)CO)C(=O)NC(C(=O)O)C(C)C. The molecule has 0 aromatic heterocycles. The second-order valence-corrected chi connectivity index (χ2v) is 8.56. The summed E-state index contributed by atoms with van der Waals surface area (Å²) in [6.07, 6.45) is 0.708. The van der Waals surface area contributed by atoms with Gasteiger partial charge in [-0.1, -0.05) is 27.7 Å². The number of hydrogen-bond acceptors (Lipinski definition) is 7. The molecular weight excluding hydrogens is 434 g/mol. The third-order valence-corrected chi connectivity index (χ3v) is 4.68. The number of amides is 3. The fraction of sp³-hybridized carbons (Fsp3) is 0.750. The summed E-state index contributed by atoms with van der Waals surface area (Å²) in [5.74, 6) is -3.71. The average Bonchev–Trinajstić information content (AvgIpc) is 2.71. The number of carbonyl (C=O) groups excluding carboxylic acids is 3. The van der Waals surface area contributed by atoms with Gasteiger partial charge in [0.25, 0.3) is 0 Å². The van der Waals surface area contributed by atoms with Crippen LogP contribution in [0.2, 0.25) is 0 Å². The number of hydrogen-bond donors (Lipinski definition) is 8. The highest BCUT2D eigenvalue weighted by Crippen LogP contribution is 2.09. The first-order valence-electron chi connectivity index (χ1n) is 10.9. The zero-order chi connectivity index (χ0) is 25.7. The van der Waals surface area contributed by atoms with Crippen molar-refractivity contribution >= 4 is 29.7 Å². The highest BCUT2D eigenvalue weighted by Gasteiger charge is 2.31. The van der Waals surface area contributed by atoms with Crippen molar-refractivity contribution in [2.45, 2.75) is 71.1 Å². The van der Waals surface area contributed by atoms with E-state index in [0.29, 0.717) is 6.42 Å². The van der Waals surface area contributed by atoms with Crippen LogP contribution in [0.5, 0.6) is 0 Å². The fourth-order valence-corrected chi connectivity index (χ4v) is 2.88. The Kier molecular flexibility index (Phi) is 13.7. The van der Waals surface area contributed by atoms with Gasteiger partial charge in [-0.05, 0) is 31.1 Å². The monoisotopic (exact) mass is 473 g/mol. The molecule has 33 heavy (non-hydrogen) atoms. The summed E-state index contributed by atoms with van der Waals surface area (Å²) in [6.45, 7) is 6.59. The van der Waals surface area contributed by atoms with Crippen LogP contribution in [0.4, 0.5) is 0 Å². The van der Waals surface area contributed by atoms with E-state index in [4.69, 9.17) is 22.3 Å². The Morgan fingerprint density at radius 2 is 1.45 bits per heavy atom. The van der Waals surface area contributed by atoms with Gasteiger partial charge in [-0.15, -0.1) is 0 Å². The number of aliphatic hydroxyl groups is 1. The Labute approximate surface area is 193 Å². The van der Waals surface area contributed by atoms with Gasteiger partial charge >= 0.3 is 5.97 Å².